The molecule has 0 saturated carbocycles. The summed E-state index contributed by atoms with van der Waals surface area (Å²) in [6.07, 6.45) is 0. The van der Waals surface area contributed by atoms with E-state index in [0.717, 1.165) is 5.75 Å². The molecule has 0 aliphatic rings. The molecule has 19 heavy (non-hydrogen) atoms. The highest BCUT2D eigenvalue weighted by atomic mass is 16.6. The Bertz CT molecular complexity index is 336. The van der Waals surface area contributed by atoms with Crippen molar-refractivity contribution in [1.29, 1.82) is 0 Å². The molecule has 0 aromatic heterocycles. The van der Waals surface area contributed by atoms with E-state index in [1.165, 1.54) is 5.56 Å². The van der Waals surface area contributed by atoms with Crippen LogP contribution in [-0.2, 0) is 19.0 Å². The van der Waals surface area contributed by atoms with Crippen molar-refractivity contribution < 1.29 is 23.7 Å². The van der Waals surface area contributed by atoms with Gasteiger partial charge in [-0.05, 0) is 19.1 Å². The van der Waals surface area contributed by atoms with Gasteiger partial charge < -0.3 is 18.9 Å². The van der Waals surface area contributed by atoms with Crippen LogP contribution in [0.1, 0.15) is 5.56 Å². The normalized spacial score (nSPS) is 10.2. The fourth-order valence-corrected chi connectivity index (χ4v) is 1.33. The molecule has 0 heterocycles. The molecule has 106 valence electrons. The number of carbonyl (C=O) groups excluding carboxylic acids is 1. The number of carbonyl (C=O) groups is 1. The summed E-state index contributed by atoms with van der Waals surface area (Å²) in [7, 11) is 0. The molecule has 0 radical (unpaired) electrons. The summed E-state index contributed by atoms with van der Waals surface area (Å²) < 4.78 is 20.5. The molecule has 1 aromatic carbocycles. The minimum atomic E-state index is 0.278. The van der Waals surface area contributed by atoms with Gasteiger partial charge in [0.15, 0.2) is 0 Å². The molecule has 0 unspecified atom stereocenters. The van der Waals surface area contributed by atoms with Crippen LogP contribution >= 0.6 is 0 Å². The lowest BCUT2D eigenvalue weighted by molar-refractivity contribution is -0.130. The van der Waals surface area contributed by atoms with Crippen LogP contribution in [0.25, 0.3) is 0 Å². The fourth-order valence-electron chi connectivity index (χ4n) is 1.33. The van der Waals surface area contributed by atoms with Crippen LogP contribution in [-0.4, -0.2) is 46.1 Å². The van der Waals surface area contributed by atoms with E-state index in [1.807, 2.05) is 31.2 Å². The van der Waals surface area contributed by atoms with Crippen LogP contribution in [0.5, 0.6) is 5.75 Å². The molecule has 0 aliphatic carbocycles. The highest BCUT2D eigenvalue weighted by Crippen LogP contribution is 2.10. The van der Waals surface area contributed by atoms with Crippen LogP contribution < -0.4 is 4.74 Å². The highest BCUT2D eigenvalue weighted by molar-refractivity contribution is 5.36. The molecule has 0 spiro atoms. The third kappa shape index (κ3) is 8.18. The Morgan fingerprint density at radius 1 is 0.895 bits per heavy atom. The van der Waals surface area contributed by atoms with E-state index in [1.54, 1.807) is 0 Å². The van der Waals surface area contributed by atoms with Crippen molar-refractivity contribution in [3.63, 3.8) is 0 Å². The maximum absolute atomic E-state index is 9.83. The van der Waals surface area contributed by atoms with Gasteiger partial charge in [-0.3, -0.25) is 4.79 Å². The second-order valence-corrected chi connectivity index (χ2v) is 3.85. The fraction of sp³-hybridized carbons (Fsp3) is 0.500. The van der Waals surface area contributed by atoms with Gasteiger partial charge in [-0.2, -0.15) is 0 Å². The predicted octanol–water partition coefficient (Wildman–Crippen LogP) is 1.58. The van der Waals surface area contributed by atoms with E-state index < -0.39 is 0 Å². The SMILES string of the molecule is Cc1ccc(OCCOCCOCCOC=O)cc1. The van der Waals surface area contributed by atoms with Crippen LogP contribution in [0, 0.1) is 6.92 Å². The molecule has 0 fully saturated rings. The van der Waals surface area contributed by atoms with Crippen molar-refractivity contribution in [2.75, 3.05) is 39.6 Å². The van der Waals surface area contributed by atoms with Gasteiger partial charge in [0.25, 0.3) is 6.47 Å². The van der Waals surface area contributed by atoms with Gasteiger partial charge in [0.1, 0.15) is 19.0 Å². The van der Waals surface area contributed by atoms with Gasteiger partial charge in [0.05, 0.1) is 26.4 Å². The summed E-state index contributed by atoms with van der Waals surface area (Å²) in [4.78, 5) is 9.83. The zero-order valence-corrected chi connectivity index (χ0v) is 11.2. The molecule has 5 heteroatoms. The van der Waals surface area contributed by atoms with Gasteiger partial charge in [0.2, 0.25) is 0 Å². The van der Waals surface area contributed by atoms with E-state index in [0.29, 0.717) is 39.5 Å². The maximum Gasteiger partial charge on any atom is 0.293 e. The molecule has 0 saturated heterocycles. The first-order chi connectivity index (χ1) is 9.33. The number of hydrogen-bond donors (Lipinski definition) is 0. The van der Waals surface area contributed by atoms with E-state index >= 15 is 0 Å². The first-order valence-corrected chi connectivity index (χ1v) is 6.23. The zero-order valence-electron chi connectivity index (χ0n) is 11.2. The average Bonchev–Trinajstić information content (AvgIpc) is 2.43. The highest BCUT2D eigenvalue weighted by Gasteiger charge is 1.94. The van der Waals surface area contributed by atoms with Crippen LogP contribution in [0.15, 0.2) is 24.3 Å². The van der Waals surface area contributed by atoms with Gasteiger partial charge in [-0.25, -0.2) is 0 Å². The Labute approximate surface area is 113 Å². The Morgan fingerprint density at radius 3 is 2.11 bits per heavy atom. The topological polar surface area (TPSA) is 54.0 Å². The molecule has 0 N–H and O–H groups in total. The lowest BCUT2D eigenvalue weighted by Crippen LogP contribution is -2.12. The summed E-state index contributed by atoms with van der Waals surface area (Å²) in [6, 6.07) is 7.88. The molecule has 0 bridgehead atoms. The molecule has 1 aromatic rings. The predicted molar refractivity (Wildman–Crippen MR) is 70.3 cm³/mol. The lowest BCUT2D eigenvalue weighted by Gasteiger charge is -2.07. The van der Waals surface area contributed by atoms with Crippen molar-refractivity contribution >= 4 is 6.47 Å². The monoisotopic (exact) mass is 268 g/mol. The van der Waals surface area contributed by atoms with E-state index in [4.69, 9.17) is 14.2 Å². The quantitative estimate of drug-likeness (QED) is 0.450. The standard InChI is InChI=1S/C14H20O5/c1-13-2-4-14(5-3-13)19-11-10-17-7-6-16-8-9-18-12-15/h2-5,12H,6-11H2,1H3. The molecule has 5 nitrogen and oxygen atoms in total. The molecule has 0 amide bonds. The third-order valence-electron chi connectivity index (χ3n) is 2.30. The zero-order chi connectivity index (χ0) is 13.8. The third-order valence-corrected chi connectivity index (χ3v) is 2.30. The minimum absolute atomic E-state index is 0.278. The van der Waals surface area contributed by atoms with Crippen molar-refractivity contribution in [3.8, 4) is 5.75 Å². The number of ether oxygens (including phenoxy) is 4. The van der Waals surface area contributed by atoms with Crippen molar-refractivity contribution in [2.24, 2.45) is 0 Å². The molecule has 0 atom stereocenters. The summed E-state index contributed by atoms with van der Waals surface area (Å²) >= 11 is 0. The van der Waals surface area contributed by atoms with Gasteiger partial charge in [-0.1, -0.05) is 17.7 Å². The van der Waals surface area contributed by atoms with Gasteiger partial charge in [0, 0.05) is 0 Å². The average molecular weight is 268 g/mol. The second kappa shape index (κ2) is 10.3. The molecule has 1 rings (SSSR count). The number of benzene rings is 1. The molecular formula is C14H20O5. The van der Waals surface area contributed by atoms with E-state index in [-0.39, 0.29) is 6.61 Å². The minimum Gasteiger partial charge on any atom is -0.491 e. The van der Waals surface area contributed by atoms with Crippen molar-refractivity contribution in [1.82, 2.24) is 0 Å². The largest absolute Gasteiger partial charge is 0.491 e. The summed E-state index contributed by atoms with van der Waals surface area (Å²) in [6.45, 7) is 5.11. The molecule has 0 aliphatic heterocycles. The smallest absolute Gasteiger partial charge is 0.293 e. The lowest BCUT2D eigenvalue weighted by atomic mass is 10.2. The first-order valence-electron chi connectivity index (χ1n) is 6.23. The Balaban J connectivity index is 1.88. The van der Waals surface area contributed by atoms with Gasteiger partial charge in [-0.15, -0.1) is 0 Å². The van der Waals surface area contributed by atoms with Crippen molar-refractivity contribution in [3.05, 3.63) is 29.8 Å². The van der Waals surface area contributed by atoms with E-state index in [9.17, 15) is 4.79 Å². The number of aryl methyl sites for hydroxylation is 1. The number of rotatable bonds is 11. The maximum atomic E-state index is 9.83. The van der Waals surface area contributed by atoms with Crippen molar-refractivity contribution in [2.45, 2.75) is 6.92 Å². The number of hydrogen-bond acceptors (Lipinski definition) is 5. The van der Waals surface area contributed by atoms with E-state index in [2.05, 4.69) is 4.74 Å². The van der Waals surface area contributed by atoms with Crippen LogP contribution in [0.4, 0.5) is 0 Å². The van der Waals surface area contributed by atoms with Crippen LogP contribution in [0.3, 0.4) is 0 Å². The molecular weight excluding hydrogens is 248 g/mol. The summed E-state index contributed by atoms with van der Waals surface area (Å²) in [5.41, 5.74) is 1.21. The van der Waals surface area contributed by atoms with Gasteiger partial charge >= 0.3 is 0 Å². The Kier molecular flexibility index (Phi) is 8.42. The second-order valence-electron chi connectivity index (χ2n) is 3.85. The summed E-state index contributed by atoms with van der Waals surface area (Å²) in [5.74, 6) is 0.844. The van der Waals surface area contributed by atoms with Crippen LogP contribution in [0.2, 0.25) is 0 Å². The summed E-state index contributed by atoms with van der Waals surface area (Å²) in [5, 5.41) is 0. The Hall–Kier alpha value is -1.59. The first kappa shape index (κ1) is 15.5. The Morgan fingerprint density at radius 2 is 1.47 bits per heavy atom.